The highest BCUT2D eigenvalue weighted by Crippen LogP contribution is 2.37. The minimum atomic E-state index is -4.49. The first-order chi connectivity index (χ1) is 10.3. The van der Waals surface area contributed by atoms with Gasteiger partial charge in [0.25, 0.3) is 0 Å². The van der Waals surface area contributed by atoms with Crippen molar-refractivity contribution in [3.8, 4) is 0 Å². The van der Waals surface area contributed by atoms with Crippen LogP contribution in [-0.4, -0.2) is 51.5 Å². The summed E-state index contributed by atoms with van der Waals surface area (Å²) in [7, 11) is 1.17. The average Bonchev–Trinajstić information content (AvgIpc) is 2.45. The molecule has 0 fully saturated rings. The number of alkyl halides is 2. The third-order valence-corrected chi connectivity index (χ3v) is 2.85. The minimum absolute atomic E-state index is 0.587. The number of hydrogen-bond donors (Lipinski definition) is 0. The minimum Gasteiger partial charge on any atom is -0.352 e. The van der Waals surface area contributed by atoms with Crippen molar-refractivity contribution in [1.29, 1.82) is 0 Å². The molecule has 14 nitrogen and oxygen atoms in total. The Balaban J connectivity index is 5.94. The quantitative estimate of drug-likeness (QED) is 0.226. The molecule has 0 aliphatic heterocycles. The van der Waals surface area contributed by atoms with Crippen LogP contribution in [-0.2, 0) is 9.47 Å². The summed E-state index contributed by atoms with van der Waals surface area (Å²) in [5, 5.41) is 42.1. The van der Waals surface area contributed by atoms with Crippen molar-refractivity contribution in [2.45, 2.75) is 30.5 Å². The van der Waals surface area contributed by atoms with E-state index < -0.39 is 50.2 Å². The number of rotatable bonds is 10. The number of halogens is 2. The van der Waals surface area contributed by atoms with Crippen LogP contribution in [0.1, 0.15) is 12.8 Å². The van der Waals surface area contributed by atoms with Gasteiger partial charge in [-0.1, -0.05) is 8.78 Å². The van der Waals surface area contributed by atoms with Gasteiger partial charge in [-0.15, -0.1) is 0 Å². The van der Waals surface area contributed by atoms with Gasteiger partial charge in [0, 0.05) is 14.2 Å². The van der Waals surface area contributed by atoms with Gasteiger partial charge in [-0.05, 0) is 0 Å². The van der Waals surface area contributed by atoms with Gasteiger partial charge in [-0.25, -0.2) is 0 Å². The Kier molecular flexibility index (Phi) is 5.89. The number of hydrogen-bond acceptors (Lipinski definition) is 10. The highest BCUT2D eigenvalue weighted by atomic mass is 19.2. The summed E-state index contributed by atoms with van der Waals surface area (Å²) in [6, 6.07) is 0. The maximum Gasteiger partial charge on any atom is 0.619 e. The molecule has 132 valence electrons. The second-order valence-electron chi connectivity index (χ2n) is 4.14. The van der Waals surface area contributed by atoms with Gasteiger partial charge in [0.2, 0.25) is 5.79 Å². The summed E-state index contributed by atoms with van der Waals surface area (Å²) >= 11 is 0. The summed E-state index contributed by atoms with van der Waals surface area (Å²) in [5.74, 6) is -12.0. The third kappa shape index (κ3) is 3.77. The van der Waals surface area contributed by atoms with Gasteiger partial charge in [0.05, 0.1) is 0 Å². The smallest absolute Gasteiger partial charge is 0.352 e. The van der Waals surface area contributed by atoms with E-state index in [4.69, 9.17) is 0 Å². The summed E-state index contributed by atoms with van der Waals surface area (Å²) in [6.07, 6.45) is -3.97. The fourth-order valence-corrected chi connectivity index (χ4v) is 1.51. The largest absolute Gasteiger partial charge is 0.619 e. The first-order valence-corrected chi connectivity index (χ1v) is 5.37. The molecule has 0 saturated heterocycles. The summed E-state index contributed by atoms with van der Waals surface area (Å²) < 4.78 is 36.4. The molecule has 16 heteroatoms. The molecule has 0 bridgehead atoms. The number of nitrogens with zero attached hydrogens (tertiary/aromatic N) is 4. The first kappa shape index (κ1) is 20.4. The standard InChI is InChI=1S/C7H10F2N4O10/c1-22-5(23-2,3-6(8,10(14)15)11(16)17)4-7(9,12(18)19)13(20)21/h3-4H2,1-2H3. The molecule has 0 saturated carbocycles. The van der Waals surface area contributed by atoms with Crippen molar-refractivity contribution in [2.75, 3.05) is 14.2 Å². The van der Waals surface area contributed by atoms with Gasteiger partial charge in [-0.3, -0.25) is 40.5 Å². The van der Waals surface area contributed by atoms with Crippen LogP contribution >= 0.6 is 0 Å². The van der Waals surface area contributed by atoms with Crippen molar-refractivity contribution in [3.05, 3.63) is 40.5 Å². The van der Waals surface area contributed by atoms with Crippen LogP contribution in [0.4, 0.5) is 8.78 Å². The van der Waals surface area contributed by atoms with E-state index in [0.717, 1.165) is 0 Å². The number of nitro groups is 4. The van der Waals surface area contributed by atoms with Crippen LogP contribution in [0.25, 0.3) is 0 Å². The van der Waals surface area contributed by atoms with E-state index in [1.807, 2.05) is 0 Å². The Morgan fingerprint density at radius 2 is 0.957 bits per heavy atom. The Labute approximate surface area is 124 Å². The zero-order valence-electron chi connectivity index (χ0n) is 11.5. The lowest BCUT2D eigenvalue weighted by atomic mass is 10.0. The molecule has 0 aliphatic carbocycles. The lowest BCUT2D eigenvalue weighted by Crippen LogP contribution is -2.56. The maximum atomic E-state index is 13.9. The number of methoxy groups -OCH3 is 2. The predicted molar refractivity (Wildman–Crippen MR) is 61.6 cm³/mol. The van der Waals surface area contributed by atoms with Crippen LogP contribution in [0.3, 0.4) is 0 Å². The van der Waals surface area contributed by atoms with E-state index in [1.165, 1.54) is 0 Å². The molecule has 0 heterocycles. The topological polar surface area (TPSA) is 191 Å². The molecule has 0 N–H and O–H groups in total. The lowest BCUT2D eigenvalue weighted by molar-refractivity contribution is -0.844. The summed E-state index contributed by atoms with van der Waals surface area (Å²) in [5.41, 5.74) is 0. The Morgan fingerprint density at radius 1 is 0.739 bits per heavy atom. The lowest BCUT2D eigenvalue weighted by Gasteiger charge is -2.29. The molecule has 0 spiro atoms. The van der Waals surface area contributed by atoms with Crippen molar-refractivity contribution < 1.29 is 37.9 Å². The molecule has 0 unspecified atom stereocenters. The molecule has 0 radical (unpaired) electrons. The average molecular weight is 348 g/mol. The van der Waals surface area contributed by atoms with Gasteiger partial charge in [-0.2, -0.15) is 0 Å². The molecule has 0 aromatic rings. The van der Waals surface area contributed by atoms with E-state index >= 15 is 0 Å². The molecular formula is C7H10F2N4O10. The van der Waals surface area contributed by atoms with Crippen LogP contribution in [0.15, 0.2) is 0 Å². The molecule has 0 rings (SSSR count). The molecule has 0 aromatic carbocycles. The van der Waals surface area contributed by atoms with Crippen LogP contribution in [0, 0.1) is 40.5 Å². The molecule has 0 amide bonds. The van der Waals surface area contributed by atoms with Crippen molar-refractivity contribution in [3.63, 3.8) is 0 Å². The second kappa shape index (κ2) is 6.65. The monoisotopic (exact) mass is 348 g/mol. The Morgan fingerprint density at radius 3 is 1.09 bits per heavy atom. The SMILES string of the molecule is COC(CC(F)([N+](=O)[O-])[N+](=O)[O-])(CC(F)([N+](=O)[O-])[N+](=O)[O-])OC. The highest BCUT2D eigenvalue weighted by molar-refractivity contribution is 4.78. The molecule has 0 aromatic heterocycles. The van der Waals surface area contributed by atoms with Crippen LogP contribution < -0.4 is 0 Å². The predicted octanol–water partition coefficient (Wildman–Crippen LogP) is 0.109. The van der Waals surface area contributed by atoms with Crippen molar-refractivity contribution in [2.24, 2.45) is 0 Å². The fraction of sp³-hybridized carbons (Fsp3) is 1.00. The molecule has 0 atom stereocenters. The van der Waals surface area contributed by atoms with E-state index in [1.54, 1.807) is 0 Å². The van der Waals surface area contributed by atoms with Gasteiger partial charge < -0.3 is 9.47 Å². The normalized spacial score (nSPS) is 12.7. The highest BCUT2D eigenvalue weighted by Gasteiger charge is 2.70. The van der Waals surface area contributed by atoms with Crippen molar-refractivity contribution >= 4 is 0 Å². The molecular weight excluding hydrogens is 338 g/mol. The maximum absolute atomic E-state index is 13.9. The fourth-order valence-electron chi connectivity index (χ4n) is 1.51. The number of ether oxygens (including phenoxy) is 2. The van der Waals surface area contributed by atoms with Gasteiger partial charge in [0.15, 0.2) is 12.8 Å². The Bertz CT molecular complexity index is 453. The zero-order valence-corrected chi connectivity index (χ0v) is 11.5. The molecule has 23 heavy (non-hydrogen) atoms. The molecule has 0 aliphatic rings. The van der Waals surface area contributed by atoms with E-state index in [0.29, 0.717) is 14.2 Å². The summed E-state index contributed by atoms with van der Waals surface area (Å²) in [4.78, 5) is 34.0. The van der Waals surface area contributed by atoms with Crippen LogP contribution in [0.5, 0.6) is 0 Å². The van der Waals surface area contributed by atoms with E-state index in [9.17, 15) is 49.2 Å². The third-order valence-electron chi connectivity index (χ3n) is 2.85. The van der Waals surface area contributed by atoms with Crippen LogP contribution in [0.2, 0.25) is 0 Å². The van der Waals surface area contributed by atoms with Crippen molar-refractivity contribution in [1.82, 2.24) is 0 Å². The van der Waals surface area contributed by atoms with E-state index in [-0.39, 0.29) is 0 Å². The first-order valence-electron chi connectivity index (χ1n) is 5.37. The van der Waals surface area contributed by atoms with Gasteiger partial charge in [0.1, 0.15) is 19.7 Å². The Hall–Kier alpha value is -2.62. The zero-order chi connectivity index (χ0) is 18.6. The second-order valence-corrected chi connectivity index (χ2v) is 4.14. The summed E-state index contributed by atoms with van der Waals surface area (Å²) in [6.45, 7) is 0. The van der Waals surface area contributed by atoms with Gasteiger partial charge >= 0.3 is 11.8 Å². The van der Waals surface area contributed by atoms with E-state index in [2.05, 4.69) is 9.47 Å².